The molecule has 5 aromatic rings. The first-order valence-electron chi connectivity index (χ1n) is 14.2. The predicted octanol–water partition coefficient (Wildman–Crippen LogP) is -13.8. The lowest BCUT2D eigenvalue weighted by molar-refractivity contribution is -0.385. The van der Waals surface area contributed by atoms with Gasteiger partial charge in [-0.05, 0) is 50.0 Å². The highest BCUT2D eigenvalue weighted by Crippen LogP contribution is 2.33. The van der Waals surface area contributed by atoms with Gasteiger partial charge in [-0.2, -0.15) is 0 Å². The normalized spacial score (nSPS) is 11.4. The third-order valence-electron chi connectivity index (χ3n) is 10.3. The van der Waals surface area contributed by atoms with Crippen LogP contribution in [0.25, 0.3) is 38.6 Å². The van der Waals surface area contributed by atoms with Crippen LogP contribution in [0, 0.1) is 10.1 Å². The molecular weight excluding hydrogens is 558 g/mol. The third-order valence-corrected chi connectivity index (χ3v) is 10.9. The van der Waals surface area contributed by atoms with Crippen LogP contribution >= 0.6 is 15.9 Å². The Morgan fingerprint density at radius 3 is 1.49 bits per heavy atom. The number of aromatic nitrogens is 1. The Labute approximate surface area is 261 Å². The molecule has 0 bridgehead atoms. The monoisotopic (exact) mass is 586 g/mol. The van der Waals surface area contributed by atoms with Crippen molar-refractivity contribution in [1.29, 1.82) is 0 Å². The van der Waals surface area contributed by atoms with E-state index < -0.39 is 0 Å². The second-order valence-electron chi connectivity index (χ2n) is 11.9. The van der Waals surface area contributed by atoms with Gasteiger partial charge in [-0.15, -0.1) is 21.9 Å². The van der Waals surface area contributed by atoms with Crippen molar-refractivity contribution in [3.8, 4) is 16.8 Å². The van der Waals surface area contributed by atoms with Gasteiger partial charge in [-0.1, -0.05) is 43.7 Å². The zero-order valence-corrected chi connectivity index (χ0v) is 27.9. The van der Waals surface area contributed by atoms with Crippen molar-refractivity contribution < 1.29 is 4.92 Å². The molecule has 0 atom stereocenters. The smallest absolute Gasteiger partial charge is 0.285 e. The molecule has 4 nitrogen and oxygen atoms in total. The van der Waals surface area contributed by atoms with Crippen molar-refractivity contribution in [1.82, 2.24) is 4.57 Å². The summed E-state index contributed by atoms with van der Waals surface area (Å²) in [6, 6.07) is 5.50. The van der Waals surface area contributed by atoms with Gasteiger partial charge in [0.15, 0.2) is 0 Å². The molecule has 0 amide bonds. The van der Waals surface area contributed by atoms with E-state index in [1.165, 1.54) is 87.5 Å². The predicted molar refractivity (Wildman–Crippen MR) is 219 cm³/mol. The van der Waals surface area contributed by atoms with E-state index in [1.54, 1.807) is 12.1 Å². The first-order valence-corrected chi connectivity index (χ1v) is 15.0. The molecular formula is C24H27B12BrN2O2. The first kappa shape index (κ1) is 29.8. The Bertz CT molecular complexity index is 2000. The molecule has 5 rings (SSSR count). The topological polar surface area (TPSA) is 48.1 Å². The van der Waals surface area contributed by atoms with Crippen molar-refractivity contribution in [2.24, 2.45) is 0 Å². The Balaban J connectivity index is 2.13. The maximum absolute atomic E-state index is 12.0. The molecule has 4 aromatic carbocycles. The Hall–Kier alpha value is -2.66. The summed E-state index contributed by atoms with van der Waals surface area (Å²) in [5, 5.41) is 14.5. The van der Waals surface area contributed by atoms with E-state index in [1.807, 2.05) is 6.07 Å². The average molecular weight is 585 g/mol. The molecule has 1 heterocycles. The van der Waals surface area contributed by atoms with Crippen molar-refractivity contribution in [3.63, 3.8) is 0 Å². The molecule has 0 aliphatic carbocycles. The van der Waals surface area contributed by atoms with Gasteiger partial charge in [0.05, 0.1) is 15.1 Å². The fourth-order valence-corrected chi connectivity index (χ4v) is 7.39. The Morgan fingerprint density at radius 2 is 0.951 bits per heavy atom. The minimum Gasteiger partial charge on any atom is -0.310 e. The number of halogens is 1. The zero-order valence-electron chi connectivity index (χ0n) is 26.3. The average Bonchev–Trinajstić information content (AvgIpc) is 3.30. The number of hydrogen-bond acceptors (Lipinski definition) is 2. The number of nitro groups is 1. The van der Waals surface area contributed by atoms with Crippen LogP contribution in [0.2, 0.25) is 0 Å². The summed E-state index contributed by atoms with van der Waals surface area (Å²) in [4.78, 5) is 11.7. The quantitative estimate of drug-likeness (QED) is 0.120. The Morgan fingerprint density at radius 1 is 0.561 bits per heavy atom. The van der Waals surface area contributed by atoms with E-state index >= 15 is 0 Å². The van der Waals surface area contributed by atoms with Gasteiger partial charge in [-0.25, -0.2) is 0 Å². The van der Waals surface area contributed by atoms with Crippen molar-refractivity contribution in [2.45, 2.75) is 0 Å². The van der Waals surface area contributed by atoms with Crippen LogP contribution in [0.5, 0.6) is 0 Å². The third kappa shape index (κ3) is 4.12. The van der Waals surface area contributed by atoms with Crippen LogP contribution in [0.4, 0.5) is 5.69 Å². The van der Waals surface area contributed by atoms with Crippen LogP contribution < -0.4 is 65.6 Å². The molecule has 0 N–H and O–H groups in total. The van der Waals surface area contributed by atoms with Gasteiger partial charge in [0.2, 0.25) is 0 Å². The standard InChI is InChI=1S/C24H27B12BrN2O2/c25-11-8(7-12(26)17(31)20(34)18(32)13(7)27)16(30)23-9(14(11)28)10-15(29)19(33)21(35)22(36)24(10)38(23)4-1-2-5(37)6(3-4)39(40)41/h1-3H,25-36H2. The van der Waals surface area contributed by atoms with E-state index in [9.17, 15) is 10.1 Å². The van der Waals surface area contributed by atoms with Crippen LogP contribution in [0.1, 0.15) is 0 Å². The molecule has 0 saturated heterocycles. The zero-order chi connectivity index (χ0) is 30.4. The van der Waals surface area contributed by atoms with Crippen molar-refractivity contribution in [3.05, 3.63) is 32.8 Å². The van der Waals surface area contributed by atoms with Gasteiger partial charge in [0.1, 0.15) is 94.2 Å². The van der Waals surface area contributed by atoms with Gasteiger partial charge in [0.25, 0.3) is 5.69 Å². The summed E-state index contributed by atoms with van der Waals surface area (Å²) in [5.74, 6) is 0. The van der Waals surface area contributed by atoms with Gasteiger partial charge in [0, 0.05) is 17.1 Å². The largest absolute Gasteiger partial charge is 0.310 e. The van der Waals surface area contributed by atoms with E-state index in [4.69, 9.17) is 0 Å². The van der Waals surface area contributed by atoms with E-state index in [0.29, 0.717) is 4.47 Å². The number of hydrogen-bond donors (Lipinski definition) is 0. The van der Waals surface area contributed by atoms with Gasteiger partial charge < -0.3 is 4.57 Å². The summed E-state index contributed by atoms with van der Waals surface area (Å²) in [7, 11) is 26.7. The minimum atomic E-state index is -0.312. The molecule has 0 aliphatic heterocycles. The van der Waals surface area contributed by atoms with Crippen molar-refractivity contribution in [2.75, 3.05) is 0 Å². The Kier molecular flexibility index (Phi) is 7.46. The highest BCUT2D eigenvalue weighted by Gasteiger charge is 2.27. The fraction of sp³-hybridized carbons (Fsp3) is 0. The second kappa shape index (κ2) is 10.3. The van der Waals surface area contributed by atoms with E-state index in [0.717, 1.165) is 16.7 Å². The summed E-state index contributed by atoms with van der Waals surface area (Å²) in [5.41, 5.74) is 21.1. The molecule has 17 heteroatoms. The summed E-state index contributed by atoms with van der Waals surface area (Å²) in [6.07, 6.45) is 0. The van der Waals surface area contributed by atoms with Crippen LogP contribution in [0.15, 0.2) is 22.7 Å². The molecule has 0 unspecified atom stereocenters. The highest BCUT2D eigenvalue weighted by molar-refractivity contribution is 9.10. The van der Waals surface area contributed by atoms with Gasteiger partial charge >= 0.3 is 0 Å². The summed E-state index contributed by atoms with van der Waals surface area (Å²) < 4.78 is 2.77. The van der Waals surface area contributed by atoms with E-state index in [-0.39, 0.29) is 10.6 Å². The summed E-state index contributed by atoms with van der Waals surface area (Å²) in [6.45, 7) is 0. The number of nitrogens with zero attached hydrogens (tertiary/aromatic N) is 2. The molecule has 0 radical (unpaired) electrons. The number of rotatable bonds is 3. The molecule has 0 spiro atoms. The maximum atomic E-state index is 12.0. The molecule has 0 fully saturated rings. The summed E-state index contributed by atoms with van der Waals surface area (Å²) >= 11 is 3.40. The molecule has 188 valence electrons. The van der Waals surface area contributed by atoms with Crippen LogP contribution in [-0.2, 0) is 0 Å². The number of fused-ring (bicyclic) bond motifs is 3. The molecule has 41 heavy (non-hydrogen) atoms. The minimum absolute atomic E-state index is 0.0638. The molecule has 1 aromatic heterocycles. The molecule has 0 saturated carbocycles. The van der Waals surface area contributed by atoms with Gasteiger partial charge in [-0.3, -0.25) is 10.1 Å². The second-order valence-corrected chi connectivity index (χ2v) is 12.8. The van der Waals surface area contributed by atoms with E-state index in [2.05, 4.69) is 115 Å². The first-order chi connectivity index (χ1) is 19.1. The van der Waals surface area contributed by atoms with Crippen LogP contribution in [-0.4, -0.2) is 104 Å². The SMILES string of the molecule is Bc1c(B)c(B)c(-c2c(B)c(B)c3c4c(B)c(B)c(B)c(B)c4n(-c4ccc(Br)c([N+](=O)[O-])c4)c3c2B)c(B)c1B. The number of benzene rings is 4. The van der Waals surface area contributed by atoms with Crippen molar-refractivity contribution >= 4 is 203 Å². The lowest BCUT2D eigenvalue weighted by Gasteiger charge is -2.25. The lowest BCUT2D eigenvalue weighted by atomic mass is 9.57. The van der Waals surface area contributed by atoms with Crippen LogP contribution in [0.3, 0.4) is 0 Å². The lowest BCUT2D eigenvalue weighted by Crippen LogP contribution is -2.56. The fourth-order valence-electron chi connectivity index (χ4n) is 7.00. The highest BCUT2D eigenvalue weighted by atomic mass is 79.9. The number of nitro benzene ring substituents is 1. The maximum Gasteiger partial charge on any atom is 0.285 e. The molecule has 0 aliphatic rings.